The van der Waals surface area contributed by atoms with Gasteiger partial charge in [0.1, 0.15) is 6.04 Å². The summed E-state index contributed by atoms with van der Waals surface area (Å²) in [7, 11) is 0. The van der Waals surface area contributed by atoms with E-state index < -0.39 is 29.8 Å². The topological polar surface area (TPSA) is 108 Å². The Balaban J connectivity index is 1.83. The van der Waals surface area contributed by atoms with Crippen LogP contribution in [0.25, 0.3) is 0 Å². The number of carbonyl (C=O) groups is 3. The summed E-state index contributed by atoms with van der Waals surface area (Å²) in [5.41, 5.74) is 0. The first-order valence-electron chi connectivity index (χ1n) is 12.3. The van der Waals surface area contributed by atoms with Crippen molar-refractivity contribution >= 4 is 17.8 Å². The van der Waals surface area contributed by atoms with Gasteiger partial charge in [0.15, 0.2) is 0 Å². The summed E-state index contributed by atoms with van der Waals surface area (Å²) in [5, 5.41) is 13.0. The van der Waals surface area contributed by atoms with Crippen molar-refractivity contribution in [2.45, 2.75) is 45.7 Å². The number of morpholine rings is 1. The first-order valence-corrected chi connectivity index (χ1v) is 12.3. The van der Waals surface area contributed by atoms with Crippen LogP contribution >= 0.6 is 0 Å². The molecular formula is C24H39N3O6. The van der Waals surface area contributed by atoms with Crippen LogP contribution in [0, 0.1) is 23.7 Å². The van der Waals surface area contributed by atoms with Gasteiger partial charge in [0, 0.05) is 32.1 Å². The molecule has 2 heterocycles. The molecule has 0 spiro atoms. The lowest BCUT2D eigenvalue weighted by atomic mass is 9.69. The van der Waals surface area contributed by atoms with Crippen LogP contribution in [0.5, 0.6) is 0 Å². The molecule has 2 saturated heterocycles. The van der Waals surface area contributed by atoms with Gasteiger partial charge in [-0.05, 0) is 25.7 Å². The largest absolute Gasteiger partial charge is 0.466 e. The Morgan fingerprint density at radius 3 is 2.58 bits per heavy atom. The van der Waals surface area contributed by atoms with E-state index in [4.69, 9.17) is 9.47 Å². The first kappa shape index (κ1) is 25.6. The highest BCUT2D eigenvalue weighted by atomic mass is 16.5. The van der Waals surface area contributed by atoms with Gasteiger partial charge in [0.05, 0.1) is 44.3 Å². The van der Waals surface area contributed by atoms with Crippen LogP contribution in [0.3, 0.4) is 0 Å². The summed E-state index contributed by atoms with van der Waals surface area (Å²) >= 11 is 0. The van der Waals surface area contributed by atoms with Crippen molar-refractivity contribution in [3.63, 3.8) is 0 Å². The van der Waals surface area contributed by atoms with Gasteiger partial charge < -0.3 is 24.8 Å². The highest BCUT2D eigenvalue weighted by molar-refractivity contribution is 5.96. The number of allylic oxidation sites excluding steroid dienone is 1. The molecule has 6 atom stereocenters. The fourth-order valence-corrected chi connectivity index (χ4v) is 5.47. The molecule has 2 fully saturated rings. The van der Waals surface area contributed by atoms with Crippen LogP contribution in [0.4, 0.5) is 0 Å². The van der Waals surface area contributed by atoms with E-state index in [1.54, 1.807) is 6.92 Å². The Kier molecular flexibility index (Phi) is 9.28. The van der Waals surface area contributed by atoms with Gasteiger partial charge in [0.25, 0.3) is 0 Å². The molecule has 0 unspecified atom stereocenters. The van der Waals surface area contributed by atoms with E-state index in [0.717, 1.165) is 13.1 Å². The number of fused-ring (bicyclic) bond motifs is 1. The second-order valence-corrected chi connectivity index (χ2v) is 9.02. The summed E-state index contributed by atoms with van der Waals surface area (Å²) in [5.74, 6) is -2.69. The second kappa shape index (κ2) is 11.9. The Morgan fingerprint density at radius 2 is 1.97 bits per heavy atom. The van der Waals surface area contributed by atoms with Crippen LogP contribution in [-0.2, 0) is 23.9 Å². The third-order valence-corrected chi connectivity index (χ3v) is 7.25. The van der Waals surface area contributed by atoms with Crippen LogP contribution in [-0.4, -0.2) is 97.4 Å². The van der Waals surface area contributed by atoms with Gasteiger partial charge >= 0.3 is 5.97 Å². The van der Waals surface area contributed by atoms with Crippen LogP contribution < -0.4 is 5.32 Å². The lowest BCUT2D eigenvalue weighted by molar-refractivity contribution is -0.156. The van der Waals surface area contributed by atoms with E-state index in [2.05, 4.69) is 10.2 Å². The average Bonchev–Trinajstić information content (AvgIpc) is 3.12. The highest BCUT2D eigenvalue weighted by Gasteiger charge is 2.58. The Hall–Kier alpha value is -1.97. The predicted octanol–water partition coefficient (Wildman–Crippen LogP) is 0.424. The quantitative estimate of drug-likeness (QED) is 0.356. The number of amides is 2. The van der Waals surface area contributed by atoms with Gasteiger partial charge in [0.2, 0.25) is 11.8 Å². The summed E-state index contributed by atoms with van der Waals surface area (Å²) in [4.78, 5) is 43.8. The number of nitrogens with zero attached hydrogens (tertiary/aromatic N) is 2. The molecule has 2 amide bonds. The maximum atomic E-state index is 13.7. The zero-order valence-electron chi connectivity index (χ0n) is 20.1. The number of carbonyl (C=O) groups excluding carboxylic acids is 3. The van der Waals surface area contributed by atoms with Crippen LogP contribution in [0.15, 0.2) is 12.2 Å². The number of likely N-dealkylation sites (tertiary alicyclic amines) is 1. The maximum absolute atomic E-state index is 13.7. The number of nitrogens with one attached hydrogen (secondary N) is 1. The molecule has 186 valence electrons. The number of rotatable bonds is 10. The fourth-order valence-electron chi connectivity index (χ4n) is 5.47. The Labute approximate surface area is 196 Å². The average molecular weight is 466 g/mol. The summed E-state index contributed by atoms with van der Waals surface area (Å²) < 4.78 is 10.7. The third-order valence-electron chi connectivity index (χ3n) is 7.25. The zero-order chi connectivity index (χ0) is 24.0. The van der Waals surface area contributed by atoms with Crippen molar-refractivity contribution < 1.29 is 29.0 Å². The first-order chi connectivity index (χ1) is 16.0. The van der Waals surface area contributed by atoms with Crippen molar-refractivity contribution in [1.29, 1.82) is 0 Å². The van der Waals surface area contributed by atoms with Crippen molar-refractivity contribution in [3.8, 4) is 0 Å². The van der Waals surface area contributed by atoms with Crippen LogP contribution in [0.2, 0.25) is 0 Å². The number of esters is 1. The molecule has 9 nitrogen and oxygen atoms in total. The normalized spacial score (nSPS) is 30.7. The lowest BCUT2D eigenvalue weighted by Gasteiger charge is -2.34. The smallest absolute Gasteiger partial charge is 0.310 e. The minimum Gasteiger partial charge on any atom is -0.466 e. The summed E-state index contributed by atoms with van der Waals surface area (Å²) in [6, 6.07) is -1.23. The minimum atomic E-state index is -0.754. The summed E-state index contributed by atoms with van der Waals surface area (Å²) in [6.45, 7) is 9.85. The number of hydrogen-bond acceptors (Lipinski definition) is 7. The molecule has 2 aliphatic heterocycles. The van der Waals surface area contributed by atoms with Gasteiger partial charge in [-0.3, -0.25) is 19.3 Å². The van der Waals surface area contributed by atoms with E-state index in [1.807, 2.05) is 26.0 Å². The Morgan fingerprint density at radius 1 is 1.24 bits per heavy atom. The van der Waals surface area contributed by atoms with Gasteiger partial charge in [-0.2, -0.15) is 0 Å². The molecule has 0 aromatic carbocycles. The van der Waals surface area contributed by atoms with Crippen molar-refractivity contribution in [3.05, 3.63) is 12.2 Å². The molecule has 2 N–H and O–H groups in total. The predicted molar refractivity (Wildman–Crippen MR) is 122 cm³/mol. The number of aliphatic hydroxyl groups is 1. The molecule has 33 heavy (non-hydrogen) atoms. The number of hydrogen-bond donors (Lipinski definition) is 2. The number of ether oxygens (including phenoxy) is 2. The molecule has 0 aromatic heterocycles. The Bertz CT molecular complexity index is 719. The van der Waals surface area contributed by atoms with Crippen molar-refractivity contribution in [1.82, 2.24) is 15.1 Å². The maximum Gasteiger partial charge on any atom is 0.310 e. The SMILES string of the molecule is CCOC(=O)[C@H]1[C@H]2C(=O)N([C@@H](CC)CO)[C@H](C(=O)NCCN3CCOCC3)[C@H]2C=C[C@H]1CC. The lowest BCUT2D eigenvalue weighted by Crippen LogP contribution is -2.53. The molecule has 3 rings (SSSR count). The fraction of sp³-hybridized carbons (Fsp3) is 0.792. The highest BCUT2D eigenvalue weighted by Crippen LogP contribution is 2.46. The molecule has 1 aliphatic carbocycles. The second-order valence-electron chi connectivity index (χ2n) is 9.02. The van der Waals surface area contributed by atoms with Gasteiger partial charge in [-0.15, -0.1) is 0 Å². The molecule has 3 aliphatic rings. The minimum absolute atomic E-state index is 0.117. The van der Waals surface area contributed by atoms with Crippen molar-refractivity contribution in [2.75, 3.05) is 52.6 Å². The van der Waals surface area contributed by atoms with Crippen LogP contribution in [0.1, 0.15) is 33.6 Å². The van der Waals surface area contributed by atoms with E-state index in [9.17, 15) is 19.5 Å². The monoisotopic (exact) mass is 465 g/mol. The molecule has 0 aromatic rings. The molecule has 0 radical (unpaired) electrons. The standard InChI is InChI=1S/C24H39N3O6/c1-4-16-7-8-18-20(19(16)24(31)33-6-3)23(30)27(17(5-2)15-28)21(18)22(29)25-9-10-26-11-13-32-14-12-26/h7-8,16-21,28H,4-6,9-15H2,1-3H3,(H,25,29)/t16-,17+,18+,19-,20+,21+/m1/s1. The van der Waals surface area contributed by atoms with Crippen molar-refractivity contribution in [2.24, 2.45) is 23.7 Å². The molecular weight excluding hydrogens is 426 g/mol. The van der Waals surface area contributed by atoms with E-state index in [-0.39, 0.29) is 36.9 Å². The summed E-state index contributed by atoms with van der Waals surface area (Å²) in [6.07, 6.45) is 5.12. The molecule has 9 heteroatoms. The van der Waals surface area contributed by atoms with E-state index in [1.165, 1.54) is 4.90 Å². The number of aliphatic hydroxyl groups excluding tert-OH is 1. The van der Waals surface area contributed by atoms with Gasteiger partial charge in [-0.1, -0.05) is 26.0 Å². The molecule has 0 bridgehead atoms. The third kappa shape index (κ3) is 5.41. The van der Waals surface area contributed by atoms with Gasteiger partial charge in [-0.25, -0.2) is 0 Å². The van der Waals surface area contributed by atoms with E-state index in [0.29, 0.717) is 39.1 Å². The molecule has 0 saturated carbocycles. The zero-order valence-corrected chi connectivity index (χ0v) is 20.1. The van der Waals surface area contributed by atoms with E-state index >= 15 is 0 Å².